The van der Waals surface area contributed by atoms with Crippen molar-refractivity contribution in [2.45, 2.75) is 23.6 Å². The third kappa shape index (κ3) is 2.40. The van der Waals surface area contributed by atoms with Gasteiger partial charge in [-0.3, -0.25) is 14.9 Å². The van der Waals surface area contributed by atoms with E-state index in [1.165, 1.54) is 26.0 Å². The van der Waals surface area contributed by atoms with Crippen LogP contribution in [0.2, 0.25) is 4.34 Å². The van der Waals surface area contributed by atoms with Crippen LogP contribution in [-0.4, -0.2) is 36.6 Å². The predicted molar refractivity (Wildman–Crippen MR) is 70.4 cm³/mol. The fourth-order valence-corrected chi connectivity index (χ4v) is 4.99. The largest absolute Gasteiger partial charge is 0.294 e. The summed E-state index contributed by atoms with van der Waals surface area (Å²) in [6.45, 7) is 2.50. The van der Waals surface area contributed by atoms with Crippen LogP contribution in [-0.2, 0) is 19.6 Å². The van der Waals surface area contributed by atoms with Gasteiger partial charge in [-0.1, -0.05) is 11.6 Å². The first kappa shape index (κ1) is 14.4. The average Bonchev–Trinajstić information content (AvgIpc) is 2.71. The summed E-state index contributed by atoms with van der Waals surface area (Å²) in [4.78, 5) is 23.2. The topological polar surface area (TPSA) is 83.6 Å². The molecule has 2 rings (SSSR count). The van der Waals surface area contributed by atoms with Crippen LogP contribution in [0.15, 0.2) is 16.3 Å². The molecular formula is C10H11ClN2O4S2. The number of sulfonamides is 1. The Kier molecular flexibility index (Phi) is 3.46. The quantitative estimate of drug-likeness (QED) is 0.817. The molecule has 19 heavy (non-hydrogen) atoms. The van der Waals surface area contributed by atoms with E-state index in [4.69, 9.17) is 11.6 Å². The molecule has 2 heterocycles. The van der Waals surface area contributed by atoms with Crippen LogP contribution in [0.1, 0.15) is 13.8 Å². The number of nitrogens with one attached hydrogen (secondary N) is 1. The Balaban J connectivity index is 2.49. The Morgan fingerprint density at radius 1 is 1.37 bits per heavy atom. The van der Waals surface area contributed by atoms with Crippen LogP contribution in [0, 0.1) is 0 Å². The van der Waals surface area contributed by atoms with E-state index < -0.39 is 33.9 Å². The molecule has 1 fully saturated rings. The summed E-state index contributed by atoms with van der Waals surface area (Å²) >= 11 is 6.61. The first-order valence-corrected chi connectivity index (χ1v) is 7.91. The Bertz CT molecular complexity index is 650. The number of carbonyl (C=O) groups excluding carboxylic acids is 2. The number of hydrogen-bond acceptors (Lipinski definition) is 5. The lowest BCUT2D eigenvalue weighted by Crippen LogP contribution is -2.65. The third-order valence-corrected chi connectivity index (χ3v) is 6.53. The fourth-order valence-electron chi connectivity index (χ4n) is 1.69. The Labute approximate surface area is 119 Å². The number of amides is 2. The van der Waals surface area contributed by atoms with E-state index in [1.54, 1.807) is 0 Å². The second kappa shape index (κ2) is 4.55. The maximum atomic E-state index is 12.5. The summed E-state index contributed by atoms with van der Waals surface area (Å²) in [5.41, 5.74) is -1.33. The number of rotatable bonds is 2. The van der Waals surface area contributed by atoms with Crippen LogP contribution in [0.5, 0.6) is 0 Å². The Hall–Kier alpha value is -0.960. The van der Waals surface area contributed by atoms with E-state index in [0.29, 0.717) is 4.34 Å². The molecule has 0 bridgehead atoms. The van der Waals surface area contributed by atoms with Crippen molar-refractivity contribution in [3.8, 4) is 0 Å². The summed E-state index contributed by atoms with van der Waals surface area (Å²) in [5.74, 6) is -1.29. The molecule has 9 heteroatoms. The van der Waals surface area contributed by atoms with Gasteiger partial charge in [0.25, 0.3) is 10.0 Å². The van der Waals surface area contributed by atoms with Crippen molar-refractivity contribution in [3.63, 3.8) is 0 Å². The zero-order valence-electron chi connectivity index (χ0n) is 10.1. The minimum Gasteiger partial charge on any atom is -0.294 e. The van der Waals surface area contributed by atoms with E-state index in [9.17, 15) is 18.0 Å². The molecule has 6 nitrogen and oxygen atoms in total. The smallest absolute Gasteiger partial charge is 0.254 e. The molecule has 1 aromatic rings. The zero-order chi connectivity index (χ0) is 14.4. The number of thiophene rings is 1. The van der Waals surface area contributed by atoms with Gasteiger partial charge in [-0.15, -0.1) is 11.3 Å². The number of imide groups is 1. The molecular weight excluding hydrogens is 312 g/mol. The normalized spacial score (nSPS) is 20.4. The number of carbonyl (C=O) groups is 2. The van der Waals surface area contributed by atoms with Crippen LogP contribution in [0.3, 0.4) is 0 Å². The first-order valence-electron chi connectivity index (χ1n) is 5.28. The summed E-state index contributed by atoms with van der Waals surface area (Å²) in [6.07, 6.45) is 0. The number of halogens is 1. The van der Waals surface area contributed by atoms with E-state index in [-0.39, 0.29) is 4.21 Å². The van der Waals surface area contributed by atoms with Gasteiger partial charge in [0.15, 0.2) is 0 Å². The van der Waals surface area contributed by atoms with Crippen molar-refractivity contribution in [2.75, 3.05) is 6.54 Å². The molecule has 104 valence electrons. The standard InChI is InChI=1S/C10H11ClN2O4S2/c1-10(2)9(15)12-7(14)5-13(10)19(16,17)8-4-3-6(11)18-8/h3-4H,5H2,1-2H3,(H,12,14,15). The van der Waals surface area contributed by atoms with E-state index >= 15 is 0 Å². The van der Waals surface area contributed by atoms with Crippen LogP contribution >= 0.6 is 22.9 Å². The highest BCUT2D eigenvalue weighted by Crippen LogP contribution is 2.32. The fraction of sp³-hybridized carbons (Fsp3) is 0.400. The van der Waals surface area contributed by atoms with Crippen molar-refractivity contribution in [1.29, 1.82) is 0 Å². The second-order valence-electron chi connectivity index (χ2n) is 4.51. The van der Waals surface area contributed by atoms with E-state index in [0.717, 1.165) is 15.6 Å². The van der Waals surface area contributed by atoms with Gasteiger partial charge in [0, 0.05) is 0 Å². The monoisotopic (exact) mass is 322 g/mol. The van der Waals surface area contributed by atoms with Crippen molar-refractivity contribution >= 4 is 44.8 Å². The second-order valence-corrected chi connectivity index (χ2v) is 8.31. The van der Waals surface area contributed by atoms with Gasteiger partial charge >= 0.3 is 0 Å². The van der Waals surface area contributed by atoms with Gasteiger partial charge < -0.3 is 0 Å². The zero-order valence-corrected chi connectivity index (χ0v) is 12.5. The molecule has 0 aromatic carbocycles. The Morgan fingerprint density at radius 2 is 2.00 bits per heavy atom. The van der Waals surface area contributed by atoms with Crippen LogP contribution < -0.4 is 5.32 Å². The minimum absolute atomic E-state index is 0.00748. The molecule has 0 atom stereocenters. The van der Waals surface area contributed by atoms with Gasteiger partial charge in [0.05, 0.1) is 10.9 Å². The summed E-state index contributed by atoms with van der Waals surface area (Å²) < 4.78 is 26.1. The lowest BCUT2D eigenvalue weighted by atomic mass is 10.0. The van der Waals surface area contributed by atoms with Gasteiger partial charge in [0.2, 0.25) is 11.8 Å². The van der Waals surface area contributed by atoms with Crippen molar-refractivity contribution < 1.29 is 18.0 Å². The van der Waals surface area contributed by atoms with Gasteiger partial charge in [0.1, 0.15) is 9.75 Å². The highest BCUT2D eigenvalue weighted by Gasteiger charge is 2.47. The molecule has 1 aliphatic rings. The van der Waals surface area contributed by atoms with Gasteiger partial charge in [-0.05, 0) is 26.0 Å². The molecule has 0 spiro atoms. The minimum atomic E-state index is -3.93. The molecule has 0 aliphatic carbocycles. The molecule has 0 saturated carbocycles. The number of nitrogens with zero attached hydrogens (tertiary/aromatic N) is 1. The Morgan fingerprint density at radius 3 is 2.53 bits per heavy atom. The summed E-state index contributed by atoms with van der Waals surface area (Å²) in [7, 11) is -3.93. The van der Waals surface area contributed by atoms with Crippen LogP contribution in [0.25, 0.3) is 0 Å². The summed E-state index contributed by atoms with van der Waals surface area (Å²) in [6, 6.07) is 2.81. The molecule has 2 amide bonds. The van der Waals surface area contributed by atoms with E-state index in [1.807, 2.05) is 0 Å². The van der Waals surface area contributed by atoms with Gasteiger partial charge in [-0.2, -0.15) is 4.31 Å². The van der Waals surface area contributed by atoms with Crippen molar-refractivity contribution in [1.82, 2.24) is 9.62 Å². The first-order chi connectivity index (χ1) is 8.65. The van der Waals surface area contributed by atoms with Crippen molar-refractivity contribution in [3.05, 3.63) is 16.5 Å². The molecule has 0 radical (unpaired) electrons. The lowest BCUT2D eigenvalue weighted by Gasteiger charge is -2.38. The highest BCUT2D eigenvalue weighted by molar-refractivity contribution is 7.91. The predicted octanol–water partition coefficient (Wildman–Crippen LogP) is 0.827. The third-order valence-electron chi connectivity index (χ3n) is 2.81. The van der Waals surface area contributed by atoms with Crippen molar-refractivity contribution in [2.24, 2.45) is 0 Å². The molecule has 1 N–H and O–H groups in total. The lowest BCUT2D eigenvalue weighted by molar-refractivity contribution is -0.141. The molecule has 1 saturated heterocycles. The number of hydrogen-bond donors (Lipinski definition) is 1. The number of piperazine rings is 1. The molecule has 0 unspecified atom stereocenters. The maximum Gasteiger partial charge on any atom is 0.254 e. The highest BCUT2D eigenvalue weighted by atomic mass is 35.5. The van der Waals surface area contributed by atoms with E-state index in [2.05, 4.69) is 5.32 Å². The SMILES string of the molecule is CC1(C)C(=O)NC(=O)CN1S(=O)(=O)c1ccc(Cl)s1. The summed E-state index contributed by atoms with van der Waals surface area (Å²) in [5, 5.41) is 2.12. The maximum absolute atomic E-state index is 12.5. The van der Waals surface area contributed by atoms with Crippen LogP contribution in [0.4, 0.5) is 0 Å². The van der Waals surface area contributed by atoms with Gasteiger partial charge in [-0.25, -0.2) is 8.42 Å². The molecule has 1 aliphatic heterocycles. The molecule has 1 aromatic heterocycles. The average molecular weight is 323 g/mol.